The minimum absolute atomic E-state index is 0.0515. The SMILES string of the molecule is O=C(O)CCCCNC(=O)c1cccc(NC(=O)OCC2c3ccccc3-c3ccccc32)n1. The number of carboxylic acids is 1. The topological polar surface area (TPSA) is 118 Å². The van der Waals surface area contributed by atoms with Crippen molar-refractivity contribution >= 4 is 23.8 Å². The molecule has 2 amide bonds. The monoisotopic (exact) mass is 459 g/mol. The van der Waals surface area contributed by atoms with Crippen LogP contribution >= 0.6 is 0 Å². The molecular weight excluding hydrogens is 434 g/mol. The van der Waals surface area contributed by atoms with Crippen LogP contribution in [0.3, 0.4) is 0 Å². The van der Waals surface area contributed by atoms with Gasteiger partial charge in [0.1, 0.15) is 18.1 Å². The van der Waals surface area contributed by atoms with Gasteiger partial charge in [-0.05, 0) is 47.2 Å². The summed E-state index contributed by atoms with van der Waals surface area (Å²) < 4.78 is 5.52. The van der Waals surface area contributed by atoms with E-state index >= 15 is 0 Å². The van der Waals surface area contributed by atoms with E-state index in [1.807, 2.05) is 36.4 Å². The summed E-state index contributed by atoms with van der Waals surface area (Å²) >= 11 is 0. The van der Waals surface area contributed by atoms with Crippen molar-refractivity contribution in [2.75, 3.05) is 18.5 Å². The Bertz CT molecular complexity index is 1160. The second-order valence-corrected chi connectivity index (χ2v) is 7.97. The van der Waals surface area contributed by atoms with Gasteiger partial charge in [0, 0.05) is 18.9 Å². The summed E-state index contributed by atoms with van der Waals surface area (Å²) in [5.74, 6) is -1.10. The Kier molecular flexibility index (Phi) is 7.17. The van der Waals surface area contributed by atoms with Crippen molar-refractivity contribution in [2.45, 2.75) is 25.2 Å². The molecule has 0 spiro atoms. The van der Waals surface area contributed by atoms with E-state index in [4.69, 9.17) is 9.84 Å². The largest absolute Gasteiger partial charge is 0.481 e. The van der Waals surface area contributed by atoms with Crippen LogP contribution in [-0.4, -0.2) is 41.2 Å². The summed E-state index contributed by atoms with van der Waals surface area (Å²) in [7, 11) is 0. The molecule has 0 unspecified atom stereocenters. The number of carbonyl (C=O) groups excluding carboxylic acids is 2. The van der Waals surface area contributed by atoms with E-state index in [9.17, 15) is 14.4 Å². The maximum atomic E-state index is 12.5. The van der Waals surface area contributed by atoms with Gasteiger partial charge in [0.25, 0.3) is 5.91 Å². The second kappa shape index (κ2) is 10.6. The lowest BCUT2D eigenvalue weighted by Gasteiger charge is -2.14. The number of nitrogens with zero attached hydrogens (tertiary/aromatic N) is 1. The molecule has 0 radical (unpaired) electrons. The van der Waals surface area contributed by atoms with Crippen LogP contribution in [0, 0.1) is 0 Å². The Labute approximate surface area is 197 Å². The van der Waals surface area contributed by atoms with Gasteiger partial charge in [0.05, 0.1) is 0 Å². The van der Waals surface area contributed by atoms with Gasteiger partial charge in [-0.15, -0.1) is 0 Å². The molecule has 3 N–H and O–H groups in total. The second-order valence-electron chi connectivity index (χ2n) is 7.97. The lowest BCUT2D eigenvalue weighted by molar-refractivity contribution is -0.137. The molecule has 0 fully saturated rings. The maximum absolute atomic E-state index is 12.5. The number of unbranched alkanes of at least 4 members (excludes halogenated alkanes) is 1. The number of benzene rings is 2. The van der Waals surface area contributed by atoms with Gasteiger partial charge in [0.2, 0.25) is 0 Å². The summed E-state index contributed by atoms with van der Waals surface area (Å²) in [6, 6.07) is 20.9. The molecule has 1 aromatic heterocycles. The highest BCUT2D eigenvalue weighted by atomic mass is 16.5. The first-order valence-electron chi connectivity index (χ1n) is 11.1. The lowest BCUT2D eigenvalue weighted by atomic mass is 9.98. The van der Waals surface area contributed by atoms with Crippen molar-refractivity contribution in [2.24, 2.45) is 0 Å². The quantitative estimate of drug-likeness (QED) is 0.408. The van der Waals surface area contributed by atoms with E-state index < -0.39 is 18.0 Å². The van der Waals surface area contributed by atoms with Gasteiger partial charge in [-0.1, -0.05) is 54.6 Å². The van der Waals surface area contributed by atoms with Gasteiger partial charge < -0.3 is 15.2 Å². The van der Waals surface area contributed by atoms with E-state index in [1.165, 1.54) is 6.07 Å². The fourth-order valence-electron chi connectivity index (χ4n) is 4.06. The van der Waals surface area contributed by atoms with Crippen LogP contribution in [0.1, 0.15) is 46.8 Å². The van der Waals surface area contributed by atoms with Crippen LogP contribution in [-0.2, 0) is 9.53 Å². The first kappa shape index (κ1) is 23.0. The summed E-state index contributed by atoms with van der Waals surface area (Å²) in [5.41, 5.74) is 4.69. The Morgan fingerprint density at radius 1 is 0.882 bits per heavy atom. The maximum Gasteiger partial charge on any atom is 0.412 e. The van der Waals surface area contributed by atoms with Crippen molar-refractivity contribution < 1.29 is 24.2 Å². The third-order valence-electron chi connectivity index (χ3n) is 5.66. The third kappa shape index (κ3) is 5.40. The van der Waals surface area contributed by atoms with Gasteiger partial charge in [-0.3, -0.25) is 14.9 Å². The first-order valence-corrected chi connectivity index (χ1v) is 11.1. The highest BCUT2D eigenvalue weighted by Crippen LogP contribution is 2.44. The normalized spacial score (nSPS) is 11.9. The van der Waals surface area contributed by atoms with E-state index in [0.29, 0.717) is 19.4 Å². The van der Waals surface area contributed by atoms with Crippen molar-refractivity contribution in [3.05, 3.63) is 83.6 Å². The third-order valence-corrected chi connectivity index (χ3v) is 5.66. The van der Waals surface area contributed by atoms with Crippen LogP contribution < -0.4 is 10.6 Å². The lowest BCUT2D eigenvalue weighted by Crippen LogP contribution is -2.26. The van der Waals surface area contributed by atoms with E-state index in [1.54, 1.807) is 12.1 Å². The molecule has 1 aliphatic carbocycles. The molecule has 8 heteroatoms. The van der Waals surface area contributed by atoms with E-state index in [-0.39, 0.29) is 30.5 Å². The van der Waals surface area contributed by atoms with Crippen LogP contribution in [0.25, 0.3) is 11.1 Å². The Balaban J connectivity index is 1.32. The van der Waals surface area contributed by atoms with Crippen molar-refractivity contribution in [1.82, 2.24) is 10.3 Å². The number of rotatable bonds is 9. The molecule has 174 valence electrons. The highest BCUT2D eigenvalue weighted by Gasteiger charge is 2.29. The summed E-state index contributed by atoms with van der Waals surface area (Å²) in [6.45, 7) is 0.522. The molecular formula is C26H25N3O5. The standard InChI is InChI=1S/C26H25N3O5/c30-24(31)14-5-6-15-27-25(32)22-12-7-13-23(28-22)29-26(33)34-16-21-19-10-3-1-8-17(19)18-9-2-4-11-20(18)21/h1-4,7-13,21H,5-6,14-16H2,(H,27,32)(H,30,31)(H,28,29,33). The molecule has 1 aliphatic rings. The van der Waals surface area contributed by atoms with Gasteiger partial charge in [-0.25, -0.2) is 9.78 Å². The molecule has 0 saturated heterocycles. The average molecular weight is 460 g/mol. The van der Waals surface area contributed by atoms with Crippen LogP contribution in [0.5, 0.6) is 0 Å². The predicted octanol–water partition coefficient (Wildman–Crippen LogP) is 4.43. The molecule has 0 aliphatic heterocycles. The Morgan fingerprint density at radius 2 is 1.56 bits per heavy atom. The highest BCUT2D eigenvalue weighted by molar-refractivity contribution is 5.93. The predicted molar refractivity (Wildman–Crippen MR) is 127 cm³/mol. The van der Waals surface area contributed by atoms with E-state index in [0.717, 1.165) is 22.3 Å². The van der Waals surface area contributed by atoms with Crippen LogP contribution in [0.4, 0.5) is 10.6 Å². The van der Waals surface area contributed by atoms with Crippen molar-refractivity contribution in [3.8, 4) is 11.1 Å². The minimum atomic E-state index is -0.861. The zero-order valence-corrected chi connectivity index (χ0v) is 18.5. The number of pyridine rings is 1. The fraction of sp³-hybridized carbons (Fsp3) is 0.231. The number of hydrogen-bond donors (Lipinski definition) is 3. The number of carboxylic acid groups (broad SMARTS) is 1. The molecule has 3 aromatic rings. The average Bonchev–Trinajstić information content (AvgIpc) is 3.16. The number of amides is 2. The first-order chi connectivity index (χ1) is 16.5. The molecule has 0 atom stereocenters. The van der Waals surface area contributed by atoms with Crippen LogP contribution in [0.15, 0.2) is 66.7 Å². The molecule has 0 saturated carbocycles. The molecule has 34 heavy (non-hydrogen) atoms. The number of aromatic nitrogens is 1. The summed E-state index contributed by atoms with van der Waals surface area (Å²) in [6.07, 6.45) is 0.441. The molecule has 2 aromatic carbocycles. The smallest absolute Gasteiger partial charge is 0.412 e. The Hall–Kier alpha value is -4.20. The number of fused-ring (bicyclic) bond motifs is 3. The molecule has 4 rings (SSSR count). The number of nitrogens with one attached hydrogen (secondary N) is 2. The summed E-state index contributed by atoms with van der Waals surface area (Å²) in [4.78, 5) is 39.4. The zero-order valence-electron chi connectivity index (χ0n) is 18.5. The Morgan fingerprint density at radius 3 is 2.24 bits per heavy atom. The molecule has 1 heterocycles. The molecule has 8 nitrogen and oxygen atoms in total. The van der Waals surface area contributed by atoms with Gasteiger partial charge in [0.15, 0.2) is 0 Å². The number of anilines is 1. The number of carbonyl (C=O) groups is 3. The van der Waals surface area contributed by atoms with Gasteiger partial charge >= 0.3 is 12.1 Å². The zero-order chi connectivity index (χ0) is 23.9. The minimum Gasteiger partial charge on any atom is -0.481 e. The van der Waals surface area contributed by atoms with Crippen molar-refractivity contribution in [3.63, 3.8) is 0 Å². The summed E-state index contributed by atoms with van der Waals surface area (Å²) in [5, 5.41) is 13.9. The van der Waals surface area contributed by atoms with Gasteiger partial charge in [-0.2, -0.15) is 0 Å². The van der Waals surface area contributed by atoms with Crippen LogP contribution in [0.2, 0.25) is 0 Å². The fourth-order valence-corrected chi connectivity index (χ4v) is 4.06. The molecule has 0 bridgehead atoms. The number of ether oxygens (including phenoxy) is 1. The van der Waals surface area contributed by atoms with Crippen molar-refractivity contribution in [1.29, 1.82) is 0 Å². The number of hydrogen-bond acceptors (Lipinski definition) is 5. The number of aliphatic carboxylic acids is 1. The van der Waals surface area contributed by atoms with E-state index in [2.05, 4.69) is 27.8 Å².